The second-order valence-electron chi connectivity index (χ2n) is 2.37. The second-order valence-corrected chi connectivity index (χ2v) is 2.77. The van der Waals surface area contributed by atoms with Crippen molar-refractivity contribution in [3.05, 3.63) is 28.8 Å². The van der Waals surface area contributed by atoms with Crippen molar-refractivity contribution in [1.82, 2.24) is 4.98 Å². The molecule has 0 aliphatic carbocycles. The lowest BCUT2D eigenvalue weighted by atomic mass is 10.2. The number of aryl methyl sites for hydroxylation is 1. The van der Waals surface area contributed by atoms with E-state index >= 15 is 0 Å². The number of aromatic nitrogens is 1. The lowest BCUT2D eigenvalue weighted by Gasteiger charge is -1.97. The molecule has 0 aliphatic rings. The van der Waals surface area contributed by atoms with E-state index in [0.717, 1.165) is 18.4 Å². The highest BCUT2D eigenvalue weighted by Crippen LogP contribution is 2.14. The maximum Gasteiger partial charge on any atom is 0.231 e. The molecule has 0 atom stereocenters. The van der Waals surface area contributed by atoms with Gasteiger partial charge in [0.2, 0.25) is 5.95 Å². The van der Waals surface area contributed by atoms with Gasteiger partial charge in [-0.05, 0) is 18.1 Å². The van der Waals surface area contributed by atoms with Crippen LogP contribution in [0.15, 0.2) is 12.3 Å². The summed E-state index contributed by atoms with van der Waals surface area (Å²) in [5.74, 6) is -0.591. The average molecular weight is 174 g/mol. The highest BCUT2D eigenvalue weighted by atomic mass is 35.5. The van der Waals surface area contributed by atoms with Crippen molar-refractivity contribution in [2.45, 2.75) is 19.8 Å². The number of hydrogen-bond donors (Lipinski definition) is 0. The number of pyridine rings is 1. The van der Waals surface area contributed by atoms with Crippen LogP contribution in [0.4, 0.5) is 4.39 Å². The first-order chi connectivity index (χ1) is 5.24. The van der Waals surface area contributed by atoms with Crippen LogP contribution in [0.3, 0.4) is 0 Å². The van der Waals surface area contributed by atoms with Crippen molar-refractivity contribution in [2.75, 3.05) is 0 Å². The Hall–Kier alpha value is -0.630. The molecule has 0 unspecified atom stereocenters. The molecule has 0 saturated carbocycles. The normalized spacial score (nSPS) is 10.1. The molecule has 0 radical (unpaired) electrons. The molecule has 11 heavy (non-hydrogen) atoms. The molecule has 0 spiro atoms. The second kappa shape index (κ2) is 3.67. The maximum atomic E-state index is 12.5. The number of rotatable bonds is 2. The minimum Gasteiger partial charge on any atom is -0.227 e. The third-order valence-corrected chi connectivity index (χ3v) is 1.66. The highest BCUT2D eigenvalue weighted by Gasteiger charge is 2.00. The summed E-state index contributed by atoms with van der Waals surface area (Å²) in [6.07, 6.45) is 3.43. The van der Waals surface area contributed by atoms with E-state index < -0.39 is 5.95 Å². The summed E-state index contributed by atoms with van der Waals surface area (Å²) in [7, 11) is 0. The van der Waals surface area contributed by atoms with Gasteiger partial charge in [0.1, 0.15) is 0 Å². The molecule has 0 bridgehead atoms. The van der Waals surface area contributed by atoms with Crippen LogP contribution in [-0.2, 0) is 6.42 Å². The number of hydrogen-bond acceptors (Lipinski definition) is 1. The van der Waals surface area contributed by atoms with Crippen LogP contribution in [0, 0.1) is 5.95 Å². The SMILES string of the molecule is CCCc1cnc(F)c(Cl)c1. The van der Waals surface area contributed by atoms with Crippen LogP contribution in [0.5, 0.6) is 0 Å². The molecular weight excluding hydrogens is 165 g/mol. The van der Waals surface area contributed by atoms with E-state index in [1.165, 1.54) is 6.20 Å². The largest absolute Gasteiger partial charge is 0.231 e. The predicted octanol–water partition coefficient (Wildman–Crippen LogP) is 2.83. The number of nitrogens with zero attached hydrogens (tertiary/aromatic N) is 1. The van der Waals surface area contributed by atoms with Crippen molar-refractivity contribution in [3.63, 3.8) is 0 Å². The Kier molecular flexibility index (Phi) is 2.83. The monoisotopic (exact) mass is 173 g/mol. The van der Waals surface area contributed by atoms with Crippen molar-refractivity contribution in [1.29, 1.82) is 0 Å². The maximum absolute atomic E-state index is 12.5. The third kappa shape index (κ3) is 2.15. The van der Waals surface area contributed by atoms with Gasteiger partial charge >= 0.3 is 0 Å². The Morgan fingerprint density at radius 1 is 1.64 bits per heavy atom. The molecule has 0 amide bonds. The van der Waals surface area contributed by atoms with Crippen molar-refractivity contribution < 1.29 is 4.39 Å². The van der Waals surface area contributed by atoms with Gasteiger partial charge in [0, 0.05) is 6.20 Å². The number of halogens is 2. The first-order valence-electron chi connectivity index (χ1n) is 3.54. The van der Waals surface area contributed by atoms with Crippen LogP contribution < -0.4 is 0 Å². The summed E-state index contributed by atoms with van der Waals surface area (Å²) < 4.78 is 12.5. The molecule has 0 aliphatic heterocycles. The summed E-state index contributed by atoms with van der Waals surface area (Å²) in [6, 6.07) is 1.62. The van der Waals surface area contributed by atoms with Crippen LogP contribution in [0.1, 0.15) is 18.9 Å². The van der Waals surface area contributed by atoms with E-state index in [1.54, 1.807) is 6.07 Å². The molecule has 0 saturated heterocycles. The fourth-order valence-electron chi connectivity index (χ4n) is 0.886. The zero-order valence-electron chi connectivity index (χ0n) is 6.27. The zero-order chi connectivity index (χ0) is 8.27. The molecule has 60 valence electrons. The van der Waals surface area contributed by atoms with Gasteiger partial charge in [-0.25, -0.2) is 4.98 Å². The summed E-state index contributed by atoms with van der Waals surface area (Å²) in [6.45, 7) is 2.05. The Bertz CT molecular complexity index is 250. The molecular formula is C8H9ClFN. The van der Waals surface area contributed by atoms with Crippen molar-refractivity contribution >= 4 is 11.6 Å². The van der Waals surface area contributed by atoms with E-state index in [-0.39, 0.29) is 5.02 Å². The third-order valence-electron chi connectivity index (χ3n) is 1.39. The molecule has 0 fully saturated rings. The summed E-state index contributed by atoms with van der Waals surface area (Å²) >= 11 is 5.51. The predicted molar refractivity (Wildman–Crippen MR) is 43.2 cm³/mol. The highest BCUT2D eigenvalue weighted by molar-refractivity contribution is 6.30. The van der Waals surface area contributed by atoms with Gasteiger partial charge in [0.15, 0.2) is 0 Å². The first-order valence-corrected chi connectivity index (χ1v) is 3.91. The van der Waals surface area contributed by atoms with Crippen LogP contribution in [-0.4, -0.2) is 4.98 Å². The van der Waals surface area contributed by atoms with Gasteiger partial charge in [0.05, 0.1) is 5.02 Å². The van der Waals surface area contributed by atoms with Gasteiger partial charge in [-0.1, -0.05) is 24.9 Å². The molecule has 3 heteroatoms. The summed E-state index contributed by atoms with van der Waals surface area (Å²) in [5.41, 5.74) is 0.985. The first kappa shape index (κ1) is 8.47. The molecule has 1 aromatic heterocycles. The van der Waals surface area contributed by atoms with Gasteiger partial charge < -0.3 is 0 Å². The fourth-order valence-corrected chi connectivity index (χ4v) is 1.08. The standard InChI is InChI=1S/C8H9ClFN/c1-2-3-6-4-7(9)8(10)11-5-6/h4-5H,2-3H2,1H3. The fraction of sp³-hybridized carbons (Fsp3) is 0.375. The summed E-state index contributed by atoms with van der Waals surface area (Å²) in [5, 5.41) is 0.107. The van der Waals surface area contributed by atoms with Crippen molar-refractivity contribution in [2.24, 2.45) is 0 Å². The van der Waals surface area contributed by atoms with E-state index in [4.69, 9.17) is 11.6 Å². The Balaban J connectivity index is 2.86. The van der Waals surface area contributed by atoms with Crippen LogP contribution in [0.2, 0.25) is 5.02 Å². The molecule has 1 rings (SSSR count). The minimum atomic E-state index is -0.591. The van der Waals surface area contributed by atoms with E-state index in [1.807, 2.05) is 0 Å². The average Bonchev–Trinajstić information content (AvgIpc) is 1.98. The van der Waals surface area contributed by atoms with Gasteiger partial charge in [-0.15, -0.1) is 0 Å². The minimum absolute atomic E-state index is 0.107. The molecule has 1 nitrogen and oxygen atoms in total. The lowest BCUT2D eigenvalue weighted by molar-refractivity contribution is 0.582. The lowest BCUT2D eigenvalue weighted by Crippen LogP contribution is -1.89. The quantitative estimate of drug-likeness (QED) is 0.627. The zero-order valence-corrected chi connectivity index (χ0v) is 7.03. The molecule has 1 aromatic rings. The molecule has 0 N–H and O–H groups in total. The Morgan fingerprint density at radius 2 is 2.36 bits per heavy atom. The van der Waals surface area contributed by atoms with Gasteiger partial charge in [-0.2, -0.15) is 4.39 Å². The van der Waals surface area contributed by atoms with Crippen LogP contribution >= 0.6 is 11.6 Å². The molecule has 1 heterocycles. The Morgan fingerprint density at radius 3 is 2.91 bits per heavy atom. The summed E-state index contributed by atoms with van der Waals surface area (Å²) in [4.78, 5) is 3.50. The van der Waals surface area contributed by atoms with Crippen LogP contribution in [0.25, 0.3) is 0 Å². The van der Waals surface area contributed by atoms with E-state index in [9.17, 15) is 4.39 Å². The van der Waals surface area contributed by atoms with Gasteiger partial charge in [0.25, 0.3) is 0 Å². The van der Waals surface area contributed by atoms with E-state index in [0.29, 0.717) is 0 Å². The molecule has 0 aromatic carbocycles. The van der Waals surface area contributed by atoms with E-state index in [2.05, 4.69) is 11.9 Å². The Labute approximate surface area is 70.2 Å². The smallest absolute Gasteiger partial charge is 0.227 e. The topological polar surface area (TPSA) is 12.9 Å². The van der Waals surface area contributed by atoms with Gasteiger partial charge in [-0.3, -0.25) is 0 Å². The van der Waals surface area contributed by atoms with Crippen molar-refractivity contribution in [3.8, 4) is 0 Å².